The summed E-state index contributed by atoms with van der Waals surface area (Å²) < 4.78 is 5.28. The van der Waals surface area contributed by atoms with Crippen molar-refractivity contribution in [2.75, 3.05) is 0 Å². The van der Waals surface area contributed by atoms with E-state index in [1.807, 2.05) is 0 Å². The van der Waals surface area contributed by atoms with Crippen LogP contribution in [0.15, 0.2) is 36.4 Å². The number of nitrogens with zero attached hydrogens (tertiary/aromatic N) is 4. The summed E-state index contributed by atoms with van der Waals surface area (Å²) in [5.41, 5.74) is -0.898. The lowest BCUT2D eigenvalue weighted by atomic mass is 10.3. The van der Waals surface area contributed by atoms with Crippen molar-refractivity contribution in [3.05, 3.63) is 62.3 Å². The van der Waals surface area contributed by atoms with E-state index in [4.69, 9.17) is 10.00 Å². The van der Waals surface area contributed by atoms with E-state index in [1.165, 1.54) is 30.3 Å². The molecule has 0 aliphatic carbocycles. The third-order valence-corrected chi connectivity index (χ3v) is 2.42. The number of hydrogen-bond donors (Lipinski definition) is 0. The largest absolute Gasteiger partial charge is 0.439 e. The van der Waals surface area contributed by atoms with Crippen molar-refractivity contribution in [3.8, 4) is 17.7 Å². The van der Waals surface area contributed by atoms with E-state index >= 15 is 0 Å². The van der Waals surface area contributed by atoms with Crippen LogP contribution in [0.1, 0.15) is 5.69 Å². The molecule has 0 radical (unpaired) electrons. The van der Waals surface area contributed by atoms with Crippen LogP contribution in [0.5, 0.6) is 11.6 Å². The maximum absolute atomic E-state index is 10.7. The normalized spacial score (nSPS) is 9.67. The Morgan fingerprint density at radius 3 is 2.24 bits per heavy atom. The van der Waals surface area contributed by atoms with Gasteiger partial charge in [0.05, 0.1) is 9.85 Å². The van der Waals surface area contributed by atoms with E-state index in [2.05, 4.69) is 4.98 Å². The van der Waals surface area contributed by atoms with Crippen molar-refractivity contribution in [1.82, 2.24) is 4.98 Å². The second-order valence-electron chi connectivity index (χ2n) is 3.74. The minimum absolute atomic E-state index is 0.0222. The summed E-state index contributed by atoms with van der Waals surface area (Å²) in [6.07, 6.45) is 0. The molecular weight excluding hydrogens is 280 g/mol. The van der Waals surface area contributed by atoms with Crippen LogP contribution in [0, 0.1) is 31.6 Å². The molecule has 0 aliphatic heterocycles. The Morgan fingerprint density at radius 2 is 1.71 bits per heavy atom. The van der Waals surface area contributed by atoms with Crippen LogP contribution < -0.4 is 4.74 Å². The van der Waals surface area contributed by atoms with E-state index in [9.17, 15) is 20.2 Å². The van der Waals surface area contributed by atoms with Gasteiger partial charge >= 0.3 is 5.69 Å². The molecule has 0 amide bonds. The molecule has 0 aliphatic rings. The number of non-ortho nitro benzene ring substituents is 1. The zero-order valence-electron chi connectivity index (χ0n) is 10.3. The topological polar surface area (TPSA) is 132 Å². The molecule has 2 aromatic rings. The number of benzene rings is 1. The highest BCUT2D eigenvalue weighted by Gasteiger charge is 2.16. The molecule has 0 atom stereocenters. The van der Waals surface area contributed by atoms with Crippen LogP contribution in [-0.2, 0) is 0 Å². The summed E-state index contributed by atoms with van der Waals surface area (Å²) in [6, 6.07) is 9.14. The first kappa shape index (κ1) is 13.9. The SMILES string of the molecule is N#Cc1nc(Oc2ccc([N+](=O)[O-])cc2)ccc1[N+](=O)[O-]. The van der Waals surface area contributed by atoms with Gasteiger partial charge in [-0.25, -0.2) is 0 Å². The maximum atomic E-state index is 10.7. The van der Waals surface area contributed by atoms with Gasteiger partial charge in [-0.2, -0.15) is 10.2 Å². The average Bonchev–Trinajstić information content (AvgIpc) is 2.47. The molecule has 9 heteroatoms. The van der Waals surface area contributed by atoms with Gasteiger partial charge in [0.1, 0.15) is 11.8 Å². The maximum Gasteiger partial charge on any atom is 0.305 e. The highest BCUT2D eigenvalue weighted by Crippen LogP contribution is 2.25. The second-order valence-corrected chi connectivity index (χ2v) is 3.74. The van der Waals surface area contributed by atoms with Gasteiger partial charge in [-0.05, 0) is 12.1 Å². The van der Waals surface area contributed by atoms with E-state index in [0.29, 0.717) is 0 Å². The summed E-state index contributed by atoms with van der Waals surface area (Å²) in [4.78, 5) is 23.6. The predicted molar refractivity (Wildman–Crippen MR) is 68.8 cm³/mol. The van der Waals surface area contributed by atoms with Gasteiger partial charge in [-0.15, -0.1) is 0 Å². The Bertz CT molecular complexity index is 751. The molecule has 1 aromatic heterocycles. The fourth-order valence-corrected chi connectivity index (χ4v) is 1.48. The van der Waals surface area contributed by atoms with E-state index in [-0.39, 0.29) is 23.0 Å². The first-order chi connectivity index (χ1) is 10.0. The Kier molecular flexibility index (Phi) is 3.71. The standard InChI is InChI=1S/C12H6N4O5/c13-7-10-11(16(19)20)5-6-12(14-10)21-9-3-1-8(2-4-9)15(17)18/h1-6H. The molecule has 0 unspecified atom stereocenters. The molecule has 2 rings (SSSR count). The monoisotopic (exact) mass is 286 g/mol. The lowest BCUT2D eigenvalue weighted by molar-refractivity contribution is -0.385. The lowest BCUT2D eigenvalue weighted by Gasteiger charge is -2.04. The van der Waals surface area contributed by atoms with Gasteiger partial charge in [0.15, 0.2) is 0 Å². The van der Waals surface area contributed by atoms with Crippen LogP contribution in [0.2, 0.25) is 0 Å². The van der Waals surface area contributed by atoms with Gasteiger partial charge in [0, 0.05) is 24.3 Å². The molecule has 104 valence electrons. The zero-order valence-corrected chi connectivity index (χ0v) is 10.3. The predicted octanol–water partition coefficient (Wildman–Crippen LogP) is 2.56. The fraction of sp³-hybridized carbons (Fsp3) is 0. The highest BCUT2D eigenvalue weighted by molar-refractivity contribution is 5.46. The molecule has 1 aromatic carbocycles. The molecule has 0 fully saturated rings. The number of hydrogen-bond acceptors (Lipinski definition) is 7. The molecule has 0 bridgehead atoms. The van der Waals surface area contributed by atoms with Gasteiger partial charge in [-0.3, -0.25) is 20.2 Å². The molecule has 0 N–H and O–H groups in total. The van der Waals surface area contributed by atoms with Crippen molar-refractivity contribution < 1.29 is 14.6 Å². The first-order valence-electron chi connectivity index (χ1n) is 5.49. The summed E-state index contributed by atoms with van der Waals surface area (Å²) >= 11 is 0. The van der Waals surface area contributed by atoms with E-state index in [0.717, 1.165) is 6.07 Å². The first-order valence-corrected chi connectivity index (χ1v) is 5.49. The third-order valence-electron chi connectivity index (χ3n) is 2.42. The van der Waals surface area contributed by atoms with Crippen molar-refractivity contribution in [2.24, 2.45) is 0 Å². The minimum Gasteiger partial charge on any atom is -0.439 e. The number of rotatable bonds is 4. The number of aromatic nitrogens is 1. The van der Waals surface area contributed by atoms with Gasteiger partial charge in [0.2, 0.25) is 11.6 Å². The number of ether oxygens (including phenoxy) is 1. The molecule has 9 nitrogen and oxygen atoms in total. The second kappa shape index (κ2) is 5.62. The van der Waals surface area contributed by atoms with Crippen molar-refractivity contribution in [2.45, 2.75) is 0 Å². The number of nitro benzene ring substituents is 1. The smallest absolute Gasteiger partial charge is 0.305 e. The van der Waals surface area contributed by atoms with Crippen LogP contribution in [-0.4, -0.2) is 14.8 Å². The molecule has 0 saturated carbocycles. The Hall–Kier alpha value is -3.54. The van der Waals surface area contributed by atoms with Crippen LogP contribution in [0.25, 0.3) is 0 Å². The average molecular weight is 286 g/mol. The van der Waals surface area contributed by atoms with Crippen molar-refractivity contribution in [3.63, 3.8) is 0 Å². The summed E-state index contributed by atoms with van der Waals surface area (Å²) in [6.45, 7) is 0. The lowest BCUT2D eigenvalue weighted by Crippen LogP contribution is -1.97. The van der Waals surface area contributed by atoms with Gasteiger partial charge < -0.3 is 4.74 Å². The third kappa shape index (κ3) is 3.07. The summed E-state index contributed by atoms with van der Waals surface area (Å²) in [5.74, 6) is 0.233. The molecule has 0 spiro atoms. The number of nitro groups is 2. The van der Waals surface area contributed by atoms with Gasteiger partial charge in [0.25, 0.3) is 5.69 Å². The molecular formula is C12H6N4O5. The molecule has 21 heavy (non-hydrogen) atoms. The molecule has 0 saturated heterocycles. The minimum atomic E-state index is -0.721. The Morgan fingerprint density at radius 1 is 1.05 bits per heavy atom. The zero-order chi connectivity index (χ0) is 15.4. The van der Waals surface area contributed by atoms with Crippen molar-refractivity contribution >= 4 is 11.4 Å². The summed E-state index contributed by atoms with van der Waals surface area (Å²) in [5, 5.41) is 30.0. The van der Waals surface area contributed by atoms with Crippen LogP contribution >= 0.6 is 0 Å². The summed E-state index contributed by atoms with van der Waals surface area (Å²) in [7, 11) is 0. The highest BCUT2D eigenvalue weighted by atomic mass is 16.6. The van der Waals surface area contributed by atoms with Crippen molar-refractivity contribution in [1.29, 1.82) is 5.26 Å². The van der Waals surface area contributed by atoms with Crippen LogP contribution in [0.3, 0.4) is 0 Å². The Labute approximate surface area is 117 Å². The van der Waals surface area contributed by atoms with Gasteiger partial charge in [-0.1, -0.05) is 0 Å². The number of pyridine rings is 1. The molecule has 1 heterocycles. The fourth-order valence-electron chi connectivity index (χ4n) is 1.48. The quantitative estimate of drug-likeness (QED) is 0.622. The Balaban J connectivity index is 2.26. The van der Waals surface area contributed by atoms with E-state index in [1.54, 1.807) is 6.07 Å². The van der Waals surface area contributed by atoms with E-state index < -0.39 is 15.5 Å². The number of nitriles is 1. The van der Waals surface area contributed by atoms with Crippen LogP contribution in [0.4, 0.5) is 11.4 Å².